The second-order valence-electron chi connectivity index (χ2n) is 4.30. The lowest BCUT2D eigenvalue weighted by Crippen LogP contribution is -2.05. The lowest BCUT2D eigenvalue weighted by molar-refractivity contribution is 0.147. The highest BCUT2D eigenvalue weighted by molar-refractivity contribution is 8.16. The van der Waals surface area contributed by atoms with Gasteiger partial charge in [-0.1, -0.05) is 0 Å². The number of thioether (sulfide) groups is 2. The third-order valence-corrected chi connectivity index (χ3v) is 5.91. The molecule has 0 spiro atoms. The fourth-order valence-corrected chi connectivity index (χ4v) is 4.38. The van der Waals surface area contributed by atoms with Crippen molar-refractivity contribution in [3.05, 3.63) is 23.4 Å². The Morgan fingerprint density at radius 3 is 2.94 bits per heavy atom. The van der Waals surface area contributed by atoms with E-state index in [-0.39, 0.29) is 6.10 Å². The van der Waals surface area contributed by atoms with Crippen LogP contribution in [0, 0.1) is 0 Å². The maximum atomic E-state index is 5.51. The van der Waals surface area contributed by atoms with Crippen molar-refractivity contribution in [1.82, 2.24) is 4.98 Å². The molecule has 2 rings (SSSR count). The van der Waals surface area contributed by atoms with Crippen LogP contribution in [0.2, 0.25) is 0 Å². The highest BCUT2D eigenvalue weighted by Crippen LogP contribution is 2.43. The SMILES string of the molecule is CO[C@H](C)/C(C)=C\c1nc(C2SCCCS2)co1. The van der Waals surface area contributed by atoms with E-state index >= 15 is 0 Å². The summed E-state index contributed by atoms with van der Waals surface area (Å²) in [6.07, 6.45) is 5.13. The summed E-state index contributed by atoms with van der Waals surface area (Å²) in [7, 11) is 1.71. The average molecular weight is 285 g/mol. The van der Waals surface area contributed by atoms with Crippen LogP contribution in [0.15, 0.2) is 16.3 Å². The van der Waals surface area contributed by atoms with Gasteiger partial charge in [-0.15, -0.1) is 23.5 Å². The van der Waals surface area contributed by atoms with Crippen LogP contribution in [0.5, 0.6) is 0 Å². The molecule has 0 bridgehead atoms. The van der Waals surface area contributed by atoms with E-state index in [4.69, 9.17) is 9.15 Å². The van der Waals surface area contributed by atoms with E-state index in [2.05, 4.69) is 4.98 Å². The molecule has 1 aliphatic heterocycles. The molecule has 1 fully saturated rings. The Morgan fingerprint density at radius 2 is 2.28 bits per heavy atom. The quantitative estimate of drug-likeness (QED) is 0.836. The van der Waals surface area contributed by atoms with Crippen molar-refractivity contribution < 1.29 is 9.15 Å². The maximum Gasteiger partial charge on any atom is 0.218 e. The van der Waals surface area contributed by atoms with Crippen LogP contribution in [-0.4, -0.2) is 29.7 Å². The van der Waals surface area contributed by atoms with Crippen molar-refractivity contribution in [3.63, 3.8) is 0 Å². The van der Waals surface area contributed by atoms with Crippen LogP contribution in [0.3, 0.4) is 0 Å². The molecule has 0 saturated carbocycles. The number of hydrogen-bond acceptors (Lipinski definition) is 5. The maximum absolute atomic E-state index is 5.51. The van der Waals surface area contributed by atoms with Gasteiger partial charge < -0.3 is 9.15 Å². The monoisotopic (exact) mass is 285 g/mol. The second kappa shape index (κ2) is 6.68. The predicted molar refractivity (Wildman–Crippen MR) is 78.9 cm³/mol. The number of methoxy groups -OCH3 is 1. The summed E-state index contributed by atoms with van der Waals surface area (Å²) in [4.78, 5) is 4.55. The van der Waals surface area contributed by atoms with Crippen molar-refractivity contribution in [2.24, 2.45) is 0 Å². The van der Waals surface area contributed by atoms with Gasteiger partial charge in [-0.3, -0.25) is 0 Å². The molecule has 100 valence electrons. The van der Waals surface area contributed by atoms with E-state index in [9.17, 15) is 0 Å². The molecule has 0 aliphatic carbocycles. The molecule has 1 aromatic heterocycles. The fourth-order valence-electron chi connectivity index (χ4n) is 1.63. The van der Waals surface area contributed by atoms with Gasteiger partial charge in [0.1, 0.15) is 12.0 Å². The molecule has 1 saturated heterocycles. The minimum Gasteiger partial charge on any atom is -0.445 e. The van der Waals surface area contributed by atoms with Gasteiger partial charge in [0.05, 0.1) is 10.7 Å². The Balaban J connectivity index is 2.05. The molecule has 0 unspecified atom stereocenters. The third kappa shape index (κ3) is 3.56. The molecule has 0 amide bonds. The van der Waals surface area contributed by atoms with Crippen molar-refractivity contribution in [2.75, 3.05) is 18.6 Å². The third-order valence-electron chi connectivity index (χ3n) is 2.95. The Labute approximate surface area is 117 Å². The van der Waals surface area contributed by atoms with E-state index in [0.29, 0.717) is 10.5 Å². The fraction of sp³-hybridized carbons (Fsp3) is 0.615. The van der Waals surface area contributed by atoms with Gasteiger partial charge in [-0.25, -0.2) is 4.98 Å². The topological polar surface area (TPSA) is 35.3 Å². The number of aromatic nitrogens is 1. The Bertz CT molecular complexity index is 411. The highest BCUT2D eigenvalue weighted by Gasteiger charge is 2.20. The molecule has 3 nitrogen and oxygen atoms in total. The van der Waals surface area contributed by atoms with E-state index in [1.54, 1.807) is 13.4 Å². The minimum absolute atomic E-state index is 0.0961. The smallest absolute Gasteiger partial charge is 0.218 e. The minimum atomic E-state index is 0.0961. The summed E-state index contributed by atoms with van der Waals surface area (Å²) in [5.41, 5.74) is 2.17. The zero-order valence-corrected chi connectivity index (χ0v) is 12.6. The van der Waals surface area contributed by atoms with E-state index in [1.165, 1.54) is 17.9 Å². The summed E-state index contributed by atoms with van der Waals surface area (Å²) in [5.74, 6) is 3.11. The first-order valence-corrected chi connectivity index (χ1v) is 8.20. The average Bonchev–Trinajstić information content (AvgIpc) is 2.87. The number of ether oxygens (including phenoxy) is 1. The van der Waals surface area contributed by atoms with Crippen LogP contribution < -0.4 is 0 Å². The lowest BCUT2D eigenvalue weighted by Gasteiger charge is -2.18. The lowest BCUT2D eigenvalue weighted by atomic mass is 10.2. The number of hydrogen-bond donors (Lipinski definition) is 0. The Hall–Kier alpha value is -0.390. The van der Waals surface area contributed by atoms with Gasteiger partial charge in [-0.05, 0) is 37.3 Å². The highest BCUT2D eigenvalue weighted by atomic mass is 32.2. The molecule has 0 radical (unpaired) electrons. The standard InChI is InChI=1S/C13H19NO2S2/c1-9(10(2)15-3)7-12-14-11(8-16-12)13-17-5-4-6-18-13/h7-8,10,13H,4-6H2,1-3H3/b9-7-/t10-/m1/s1. The zero-order chi connectivity index (χ0) is 13.0. The molecular formula is C13H19NO2S2. The Kier molecular flexibility index (Phi) is 5.21. The van der Waals surface area contributed by atoms with Crippen LogP contribution in [0.1, 0.15) is 36.4 Å². The summed E-state index contributed by atoms with van der Waals surface area (Å²) >= 11 is 3.91. The number of oxazole rings is 1. The van der Waals surface area contributed by atoms with E-state index in [1.807, 2.05) is 43.4 Å². The van der Waals surface area contributed by atoms with Crippen molar-refractivity contribution in [2.45, 2.75) is 31.0 Å². The molecular weight excluding hydrogens is 266 g/mol. The van der Waals surface area contributed by atoms with Crippen molar-refractivity contribution in [3.8, 4) is 0 Å². The number of nitrogens with zero attached hydrogens (tertiary/aromatic N) is 1. The molecule has 18 heavy (non-hydrogen) atoms. The first-order valence-electron chi connectivity index (χ1n) is 6.10. The van der Waals surface area contributed by atoms with Crippen LogP contribution in [0.4, 0.5) is 0 Å². The first kappa shape index (κ1) is 14.0. The summed E-state index contributed by atoms with van der Waals surface area (Å²) in [6, 6.07) is 0. The van der Waals surface area contributed by atoms with Crippen LogP contribution in [-0.2, 0) is 4.74 Å². The molecule has 0 aromatic carbocycles. The number of rotatable bonds is 4. The van der Waals surface area contributed by atoms with Gasteiger partial charge >= 0.3 is 0 Å². The summed E-state index contributed by atoms with van der Waals surface area (Å²) in [6.45, 7) is 4.05. The zero-order valence-electron chi connectivity index (χ0n) is 11.0. The summed E-state index contributed by atoms with van der Waals surface area (Å²) < 4.78 is 11.2. The Morgan fingerprint density at radius 1 is 1.56 bits per heavy atom. The molecule has 2 heterocycles. The summed E-state index contributed by atoms with van der Waals surface area (Å²) in [5, 5.41) is 0. The molecule has 0 N–H and O–H groups in total. The molecule has 1 aliphatic rings. The van der Waals surface area contributed by atoms with Crippen LogP contribution >= 0.6 is 23.5 Å². The van der Waals surface area contributed by atoms with E-state index in [0.717, 1.165) is 11.3 Å². The first-order chi connectivity index (χ1) is 8.70. The van der Waals surface area contributed by atoms with Crippen molar-refractivity contribution in [1.29, 1.82) is 0 Å². The van der Waals surface area contributed by atoms with E-state index < -0.39 is 0 Å². The van der Waals surface area contributed by atoms with Gasteiger partial charge in [0, 0.05) is 13.2 Å². The largest absolute Gasteiger partial charge is 0.445 e. The normalized spacial score (nSPS) is 20.1. The van der Waals surface area contributed by atoms with Crippen molar-refractivity contribution >= 4 is 29.6 Å². The van der Waals surface area contributed by atoms with Gasteiger partial charge in [-0.2, -0.15) is 0 Å². The molecule has 1 atom stereocenters. The second-order valence-corrected chi connectivity index (χ2v) is 7.03. The van der Waals surface area contributed by atoms with Gasteiger partial charge in [0.15, 0.2) is 0 Å². The van der Waals surface area contributed by atoms with Gasteiger partial charge in [0.2, 0.25) is 5.89 Å². The van der Waals surface area contributed by atoms with Crippen LogP contribution in [0.25, 0.3) is 6.08 Å². The predicted octanol–water partition coefficient (Wildman–Crippen LogP) is 3.98. The molecule has 1 aromatic rings. The molecule has 5 heteroatoms. The van der Waals surface area contributed by atoms with Gasteiger partial charge in [0.25, 0.3) is 0 Å².